The summed E-state index contributed by atoms with van der Waals surface area (Å²) in [5.41, 5.74) is 4.22. The van der Waals surface area contributed by atoms with Gasteiger partial charge < -0.3 is 5.32 Å². The van der Waals surface area contributed by atoms with E-state index in [0.717, 1.165) is 33.0 Å². The largest absolute Gasteiger partial charge is 0.322 e. The molecule has 2 heterocycles. The van der Waals surface area contributed by atoms with E-state index in [9.17, 15) is 4.79 Å². The molecule has 0 saturated carbocycles. The molecular weight excluding hydrogens is 406 g/mol. The Kier molecular flexibility index (Phi) is 5.09. The van der Waals surface area contributed by atoms with Crippen LogP contribution in [-0.4, -0.2) is 25.5 Å². The van der Waals surface area contributed by atoms with Crippen LogP contribution in [0.1, 0.15) is 21.7 Å². The van der Waals surface area contributed by atoms with Crippen molar-refractivity contribution in [3.8, 4) is 0 Å². The van der Waals surface area contributed by atoms with Crippen molar-refractivity contribution in [2.24, 2.45) is 0 Å². The lowest BCUT2D eigenvalue weighted by Crippen LogP contribution is -2.11. The van der Waals surface area contributed by atoms with Gasteiger partial charge in [0.25, 0.3) is 5.91 Å². The molecule has 0 aliphatic heterocycles. The third-order valence-electron chi connectivity index (χ3n) is 4.87. The molecule has 0 unspecified atom stereocenters. The Labute approximate surface area is 183 Å². The third kappa shape index (κ3) is 4.00. The van der Waals surface area contributed by atoms with Crippen LogP contribution in [0.4, 0.5) is 5.69 Å². The predicted molar refractivity (Wildman–Crippen MR) is 123 cm³/mol. The topological polar surface area (TPSA) is 72.2 Å². The number of nitrogens with zero attached hydrogens (tertiary/aromatic N) is 4. The van der Waals surface area contributed by atoms with Crippen LogP contribution < -0.4 is 5.32 Å². The summed E-state index contributed by atoms with van der Waals surface area (Å²) in [5.74, 6) is 1.30. The summed E-state index contributed by atoms with van der Waals surface area (Å²) >= 11 is 1.60. The van der Waals surface area contributed by atoms with Gasteiger partial charge in [0.05, 0.1) is 5.52 Å². The summed E-state index contributed by atoms with van der Waals surface area (Å²) in [6.45, 7) is 1.88. The number of hydrogen-bond donors (Lipinski definition) is 1. The van der Waals surface area contributed by atoms with Crippen molar-refractivity contribution >= 4 is 39.9 Å². The van der Waals surface area contributed by atoms with Crippen molar-refractivity contribution in [1.29, 1.82) is 0 Å². The first-order chi connectivity index (χ1) is 15.2. The molecule has 31 heavy (non-hydrogen) atoms. The third-order valence-corrected chi connectivity index (χ3v) is 5.87. The van der Waals surface area contributed by atoms with Crippen molar-refractivity contribution in [2.45, 2.75) is 17.8 Å². The standard InChI is InChI=1S/C24H19N5OS/c1-16-25-22-20-9-5-6-10-21(20)27-24(29(22)28-16)31-15-17-11-13-18(14-12-17)23(30)26-19-7-3-2-4-8-19/h2-14H,15H2,1H3,(H,26,30). The maximum absolute atomic E-state index is 12.4. The summed E-state index contributed by atoms with van der Waals surface area (Å²) in [5, 5.41) is 9.20. The number of benzene rings is 3. The van der Waals surface area contributed by atoms with Gasteiger partial charge >= 0.3 is 0 Å². The first kappa shape index (κ1) is 19.3. The second kappa shape index (κ2) is 8.20. The molecular formula is C24H19N5OS. The van der Waals surface area contributed by atoms with Crippen LogP contribution in [0.5, 0.6) is 0 Å². The van der Waals surface area contributed by atoms with Gasteiger partial charge in [0.15, 0.2) is 10.8 Å². The number of hydrogen-bond acceptors (Lipinski definition) is 5. The molecule has 3 aromatic carbocycles. The molecule has 5 rings (SSSR count). The van der Waals surface area contributed by atoms with Gasteiger partial charge in [-0.05, 0) is 48.9 Å². The number of thioether (sulfide) groups is 1. The van der Waals surface area contributed by atoms with Gasteiger partial charge in [0.1, 0.15) is 5.82 Å². The Balaban J connectivity index is 1.34. The normalized spacial score (nSPS) is 11.1. The molecule has 6 nitrogen and oxygen atoms in total. The minimum atomic E-state index is -0.124. The fourth-order valence-corrected chi connectivity index (χ4v) is 4.25. The molecule has 0 bridgehead atoms. The number of para-hydroxylation sites is 2. The average molecular weight is 426 g/mol. The van der Waals surface area contributed by atoms with Gasteiger partial charge in [-0.3, -0.25) is 4.79 Å². The summed E-state index contributed by atoms with van der Waals surface area (Å²) in [7, 11) is 0. The molecule has 0 aliphatic rings. The maximum atomic E-state index is 12.4. The fraction of sp³-hybridized carbons (Fsp3) is 0.0833. The second-order valence-electron chi connectivity index (χ2n) is 7.11. The molecule has 2 aromatic heterocycles. The molecule has 0 atom stereocenters. The van der Waals surface area contributed by atoms with E-state index in [4.69, 9.17) is 4.98 Å². The van der Waals surface area contributed by atoms with E-state index in [1.165, 1.54) is 0 Å². The lowest BCUT2D eigenvalue weighted by atomic mass is 10.1. The second-order valence-corrected chi connectivity index (χ2v) is 8.05. The monoisotopic (exact) mass is 425 g/mol. The van der Waals surface area contributed by atoms with Gasteiger partial charge in [-0.25, -0.2) is 9.97 Å². The highest BCUT2D eigenvalue weighted by Crippen LogP contribution is 2.26. The number of nitrogens with one attached hydrogen (secondary N) is 1. The van der Waals surface area contributed by atoms with Crippen LogP contribution in [0.2, 0.25) is 0 Å². The van der Waals surface area contributed by atoms with Crippen LogP contribution in [0.15, 0.2) is 84.0 Å². The predicted octanol–water partition coefficient (Wildman–Crippen LogP) is 5.13. The number of carbonyl (C=O) groups is 1. The Morgan fingerprint density at radius 3 is 2.48 bits per heavy atom. The first-order valence-electron chi connectivity index (χ1n) is 9.88. The molecule has 0 fully saturated rings. The Morgan fingerprint density at radius 2 is 1.68 bits per heavy atom. The number of aryl methyl sites for hydroxylation is 1. The van der Waals surface area contributed by atoms with Gasteiger partial charge in [-0.15, -0.1) is 5.10 Å². The number of anilines is 1. The zero-order chi connectivity index (χ0) is 21.2. The summed E-state index contributed by atoms with van der Waals surface area (Å²) < 4.78 is 1.81. The highest BCUT2D eigenvalue weighted by molar-refractivity contribution is 7.98. The van der Waals surface area contributed by atoms with E-state index in [1.54, 1.807) is 11.8 Å². The average Bonchev–Trinajstić information content (AvgIpc) is 3.20. The van der Waals surface area contributed by atoms with E-state index in [0.29, 0.717) is 17.1 Å². The zero-order valence-corrected chi connectivity index (χ0v) is 17.6. The molecule has 1 N–H and O–H groups in total. The van der Waals surface area contributed by atoms with E-state index in [2.05, 4.69) is 15.4 Å². The fourth-order valence-electron chi connectivity index (χ4n) is 3.35. The van der Waals surface area contributed by atoms with Crippen LogP contribution in [-0.2, 0) is 5.75 Å². The van der Waals surface area contributed by atoms with Crippen molar-refractivity contribution in [1.82, 2.24) is 19.6 Å². The number of carbonyl (C=O) groups excluding carboxylic acids is 1. The first-order valence-corrected chi connectivity index (χ1v) is 10.9. The maximum Gasteiger partial charge on any atom is 0.255 e. The van der Waals surface area contributed by atoms with Gasteiger partial charge in [-0.1, -0.05) is 54.2 Å². The molecule has 152 valence electrons. The molecule has 7 heteroatoms. The van der Waals surface area contributed by atoms with Crippen LogP contribution >= 0.6 is 11.8 Å². The molecule has 5 aromatic rings. The smallest absolute Gasteiger partial charge is 0.255 e. The number of fused-ring (bicyclic) bond motifs is 3. The van der Waals surface area contributed by atoms with Crippen molar-refractivity contribution in [2.75, 3.05) is 5.32 Å². The Morgan fingerprint density at radius 1 is 0.935 bits per heavy atom. The van der Waals surface area contributed by atoms with E-state index < -0.39 is 0 Å². The number of amides is 1. The van der Waals surface area contributed by atoms with E-state index in [-0.39, 0.29) is 5.91 Å². The Bertz CT molecular complexity index is 1380. The SMILES string of the molecule is Cc1nc2c3ccccc3nc(SCc3ccc(C(=O)Nc4ccccc4)cc3)n2n1. The van der Waals surface area contributed by atoms with Crippen molar-refractivity contribution in [3.63, 3.8) is 0 Å². The molecule has 0 spiro atoms. The van der Waals surface area contributed by atoms with Crippen LogP contribution in [0.25, 0.3) is 16.6 Å². The zero-order valence-electron chi connectivity index (χ0n) is 16.8. The van der Waals surface area contributed by atoms with E-state index >= 15 is 0 Å². The van der Waals surface area contributed by atoms with Crippen LogP contribution in [0.3, 0.4) is 0 Å². The highest BCUT2D eigenvalue weighted by Gasteiger charge is 2.13. The quantitative estimate of drug-likeness (QED) is 0.312. The summed E-state index contributed by atoms with van der Waals surface area (Å²) in [6, 6.07) is 25.0. The minimum Gasteiger partial charge on any atom is -0.322 e. The van der Waals surface area contributed by atoms with E-state index in [1.807, 2.05) is 90.3 Å². The Hall–Kier alpha value is -3.71. The molecule has 0 saturated heterocycles. The molecule has 0 aliphatic carbocycles. The van der Waals surface area contributed by atoms with Gasteiger partial charge in [0, 0.05) is 22.4 Å². The summed E-state index contributed by atoms with van der Waals surface area (Å²) in [6.07, 6.45) is 0. The molecule has 0 radical (unpaired) electrons. The highest BCUT2D eigenvalue weighted by atomic mass is 32.2. The number of rotatable bonds is 5. The van der Waals surface area contributed by atoms with Gasteiger partial charge in [0.2, 0.25) is 0 Å². The minimum absolute atomic E-state index is 0.124. The van der Waals surface area contributed by atoms with Crippen LogP contribution in [0, 0.1) is 6.92 Å². The lowest BCUT2D eigenvalue weighted by molar-refractivity contribution is 0.102. The number of aromatic nitrogens is 4. The van der Waals surface area contributed by atoms with Crippen molar-refractivity contribution in [3.05, 3.63) is 95.8 Å². The van der Waals surface area contributed by atoms with Gasteiger partial charge in [-0.2, -0.15) is 4.52 Å². The lowest BCUT2D eigenvalue weighted by Gasteiger charge is -2.08. The molecule has 1 amide bonds. The van der Waals surface area contributed by atoms with Crippen molar-refractivity contribution < 1.29 is 4.79 Å². The summed E-state index contributed by atoms with van der Waals surface area (Å²) in [4.78, 5) is 21.8.